The third kappa shape index (κ3) is 2.25. The Kier molecular flexibility index (Phi) is 3.59. The van der Waals surface area contributed by atoms with Crippen molar-refractivity contribution in [3.8, 4) is 0 Å². The summed E-state index contributed by atoms with van der Waals surface area (Å²) in [4.78, 5) is 26.9. The first-order chi connectivity index (χ1) is 9.68. The molecule has 1 aliphatic heterocycles. The number of para-hydroxylation sites is 1. The summed E-state index contributed by atoms with van der Waals surface area (Å²) in [6.07, 6.45) is 1.14. The van der Waals surface area contributed by atoms with Gasteiger partial charge in [0.05, 0.1) is 10.7 Å². The highest BCUT2D eigenvalue weighted by atomic mass is 35.5. The van der Waals surface area contributed by atoms with Crippen LogP contribution in [0.3, 0.4) is 0 Å². The summed E-state index contributed by atoms with van der Waals surface area (Å²) in [6, 6.07) is 8.97. The van der Waals surface area contributed by atoms with Crippen molar-refractivity contribution in [1.29, 1.82) is 0 Å². The number of rotatable bonds is 1. The molecule has 2 heterocycles. The number of halogens is 1. The molecule has 1 amide bonds. The lowest BCUT2D eigenvalue weighted by atomic mass is 10.1. The normalized spacial score (nSPS) is 14.8. The molecule has 5 heteroatoms. The summed E-state index contributed by atoms with van der Waals surface area (Å²) in [7, 11) is 0. The molecule has 102 valence electrons. The number of carbonyl (C=O) groups is 2. The highest BCUT2D eigenvalue weighted by molar-refractivity contribution is 7.12. The minimum absolute atomic E-state index is 0.0909. The van der Waals surface area contributed by atoms with Gasteiger partial charge < -0.3 is 4.90 Å². The summed E-state index contributed by atoms with van der Waals surface area (Å²) in [5.74, 6) is -0.0414. The molecule has 0 saturated heterocycles. The number of anilines is 1. The van der Waals surface area contributed by atoms with Crippen LogP contribution in [0, 0.1) is 0 Å². The quantitative estimate of drug-likeness (QED) is 0.798. The monoisotopic (exact) mass is 305 g/mol. The second-order valence-electron chi connectivity index (χ2n) is 4.60. The first-order valence-electron chi connectivity index (χ1n) is 6.35. The second-order valence-corrected chi connectivity index (χ2v) is 5.92. The van der Waals surface area contributed by atoms with Crippen LogP contribution in [0.15, 0.2) is 35.7 Å². The van der Waals surface area contributed by atoms with Crippen LogP contribution in [0.25, 0.3) is 0 Å². The predicted octanol–water partition coefficient (Wildman–Crippen LogP) is 4.02. The first-order valence-corrected chi connectivity index (χ1v) is 7.61. The number of fused-ring (bicyclic) bond motifs is 1. The molecule has 0 aliphatic carbocycles. The van der Waals surface area contributed by atoms with Gasteiger partial charge in [-0.15, -0.1) is 11.3 Å². The van der Waals surface area contributed by atoms with E-state index >= 15 is 0 Å². The number of hydrogen-bond donors (Lipinski definition) is 0. The zero-order chi connectivity index (χ0) is 14.1. The molecule has 2 aromatic rings. The number of nitrogens with zero attached hydrogens (tertiary/aromatic N) is 1. The highest BCUT2D eigenvalue weighted by Crippen LogP contribution is 2.30. The van der Waals surface area contributed by atoms with Crippen molar-refractivity contribution in [2.45, 2.75) is 12.8 Å². The van der Waals surface area contributed by atoms with Crippen molar-refractivity contribution in [3.05, 3.63) is 51.2 Å². The van der Waals surface area contributed by atoms with E-state index in [2.05, 4.69) is 0 Å². The molecule has 0 N–H and O–H groups in total. The smallest absolute Gasteiger partial charge is 0.269 e. The maximum absolute atomic E-state index is 12.6. The number of hydrogen-bond acceptors (Lipinski definition) is 3. The second kappa shape index (κ2) is 5.38. The zero-order valence-corrected chi connectivity index (χ0v) is 12.2. The Bertz CT molecular complexity index is 680. The van der Waals surface area contributed by atoms with E-state index in [0.29, 0.717) is 40.5 Å². The van der Waals surface area contributed by atoms with E-state index < -0.39 is 0 Å². The lowest BCUT2D eigenvalue weighted by Crippen LogP contribution is -2.31. The fourth-order valence-electron chi connectivity index (χ4n) is 2.38. The van der Waals surface area contributed by atoms with E-state index in [-0.39, 0.29) is 11.7 Å². The number of thiophene rings is 1. The maximum atomic E-state index is 12.6. The Morgan fingerprint density at radius 3 is 2.80 bits per heavy atom. The van der Waals surface area contributed by atoms with E-state index in [9.17, 15) is 9.59 Å². The Labute approximate surface area is 125 Å². The van der Waals surface area contributed by atoms with Gasteiger partial charge in [-0.05, 0) is 30.0 Å². The van der Waals surface area contributed by atoms with Gasteiger partial charge in [-0.25, -0.2) is 0 Å². The van der Waals surface area contributed by atoms with E-state index in [1.807, 2.05) is 18.2 Å². The minimum atomic E-state index is -0.132. The standard InChI is InChI=1S/C15H12ClNO2S/c16-11-7-9-20-14(11)15(19)17-8-3-6-13(18)10-4-1-2-5-12(10)17/h1-2,4-5,7,9H,3,6,8H2. The number of Topliss-reactive ketones (excluding diaryl/α,β-unsaturated/α-hetero) is 1. The molecule has 0 atom stereocenters. The van der Waals surface area contributed by atoms with Crippen LogP contribution in [0.1, 0.15) is 32.9 Å². The van der Waals surface area contributed by atoms with Gasteiger partial charge >= 0.3 is 0 Å². The molecule has 0 fully saturated rings. The van der Waals surface area contributed by atoms with E-state index in [4.69, 9.17) is 11.6 Å². The van der Waals surface area contributed by atoms with E-state index in [0.717, 1.165) is 0 Å². The largest absolute Gasteiger partial charge is 0.307 e. The number of benzene rings is 1. The molecule has 0 bridgehead atoms. The molecule has 0 radical (unpaired) electrons. The Hall–Kier alpha value is -1.65. The summed E-state index contributed by atoms with van der Waals surface area (Å²) < 4.78 is 0. The van der Waals surface area contributed by atoms with Gasteiger partial charge in [0.2, 0.25) is 0 Å². The average Bonchev–Trinajstić information content (AvgIpc) is 2.81. The Morgan fingerprint density at radius 2 is 2.05 bits per heavy atom. The molecule has 3 nitrogen and oxygen atoms in total. The third-order valence-electron chi connectivity index (χ3n) is 3.34. The van der Waals surface area contributed by atoms with Crippen LogP contribution >= 0.6 is 22.9 Å². The van der Waals surface area contributed by atoms with Crippen LogP contribution in [-0.2, 0) is 0 Å². The summed E-state index contributed by atoms with van der Waals surface area (Å²) in [5.41, 5.74) is 1.30. The van der Waals surface area contributed by atoms with Gasteiger partial charge in [-0.3, -0.25) is 9.59 Å². The summed E-state index contributed by atoms with van der Waals surface area (Å²) in [6.45, 7) is 0.538. The molecule has 0 saturated carbocycles. The molecular formula is C15H12ClNO2S. The van der Waals surface area contributed by atoms with Gasteiger partial charge in [0.1, 0.15) is 4.88 Å². The van der Waals surface area contributed by atoms with Crippen molar-refractivity contribution >= 4 is 40.3 Å². The summed E-state index contributed by atoms with van der Waals surface area (Å²) >= 11 is 7.37. The Morgan fingerprint density at radius 1 is 1.25 bits per heavy atom. The van der Waals surface area contributed by atoms with Gasteiger partial charge in [-0.2, -0.15) is 0 Å². The maximum Gasteiger partial charge on any atom is 0.269 e. The van der Waals surface area contributed by atoms with Gasteiger partial charge in [0.25, 0.3) is 5.91 Å². The van der Waals surface area contributed by atoms with Crippen molar-refractivity contribution in [2.75, 3.05) is 11.4 Å². The number of carbonyl (C=O) groups excluding carboxylic acids is 2. The Balaban J connectivity index is 2.06. The number of amides is 1. The fourth-order valence-corrected chi connectivity index (χ4v) is 3.46. The molecule has 1 aromatic heterocycles. The van der Waals surface area contributed by atoms with E-state index in [1.165, 1.54) is 11.3 Å². The van der Waals surface area contributed by atoms with Gasteiger partial charge in [-0.1, -0.05) is 23.7 Å². The van der Waals surface area contributed by atoms with E-state index in [1.54, 1.807) is 22.4 Å². The van der Waals surface area contributed by atoms with Crippen LogP contribution in [0.2, 0.25) is 5.02 Å². The third-order valence-corrected chi connectivity index (χ3v) is 4.67. The topological polar surface area (TPSA) is 37.4 Å². The van der Waals surface area contributed by atoms with Gasteiger partial charge in [0, 0.05) is 18.5 Å². The minimum Gasteiger partial charge on any atom is -0.307 e. The zero-order valence-electron chi connectivity index (χ0n) is 10.6. The summed E-state index contributed by atoms with van der Waals surface area (Å²) in [5, 5.41) is 2.26. The number of ketones is 1. The lowest BCUT2D eigenvalue weighted by molar-refractivity contribution is 0.0975. The van der Waals surface area contributed by atoms with Crippen LogP contribution < -0.4 is 4.90 Å². The molecule has 1 aromatic carbocycles. The lowest BCUT2D eigenvalue weighted by Gasteiger charge is -2.22. The first kappa shape index (κ1) is 13.3. The molecule has 1 aliphatic rings. The molecule has 20 heavy (non-hydrogen) atoms. The van der Waals surface area contributed by atoms with Crippen molar-refractivity contribution < 1.29 is 9.59 Å². The van der Waals surface area contributed by atoms with Crippen molar-refractivity contribution in [1.82, 2.24) is 0 Å². The highest BCUT2D eigenvalue weighted by Gasteiger charge is 2.27. The van der Waals surface area contributed by atoms with Crippen molar-refractivity contribution in [3.63, 3.8) is 0 Å². The molecule has 0 spiro atoms. The molecule has 3 rings (SSSR count). The average molecular weight is 306 g/mol. The van der Waals surface area contributed by atoms with Crippen LogP contribution in [0.4, 0.5) is 5.69 Å². The molecular weight excluding hydrogens is 294 g/mol. The van der Waals surface area contributed by atoms with Crippen LogP contribution in [-0.4, -0.2) is 18.2 Å². The van der Waals surface area contributed by atoms with Gasteiger partial charge in [0.15, 0.2) is 5.78 Å². The molecule has 0 unspecified atom stereocenters. The van der Waals surface area contributed by atoms with Crippen molar-refractivity contribution in [2.24, 2.45) is 0 Å². The van der Waals surface area contributed by atoms with Crippen LogP contribution in [0.5, 0.6) is 0 Å². The fraction of sp³-hybridized carbons (Fsp3) is 0.200. The predicted molar refractivity (Wildman–Crippen MR) is 81.0 cm³/mol. The SMILES string of the molecule is O=C1CCCN(C(=O)c2sccc2Cl)c2ccccc21.